The Morgan fingerprint density at radius 2 is 1.74 bits per heavy atom. The molecule has 122 valence electrons. The van der Waals surface area contributed by atoms with Crippen molar-refractivity contribution in [3.8, 4) is 0 Å². The van der Waals surface area contributed by atoms with Gasteiger partial charge < -0.3 is 15.3 Å². The number of piperazine rings is 1. The van der Waals surface area contributed by atoms with E-state index in [0.717, 1.165) is 38.4 Å². The summed E-state index contributed by atoms with van der Waals surface area (Å²) < 4.78 is 0. The highest BCUT2D eigenvalue weighted by molar-refractivity contribution is 5.59. The van der Waals surface area contributed by atoms with Crippen molar-refractivity contribution in [3.05, 3.63) is 42.7 Å². The van der Waals surface area contributed by atoms with Crippen LogP contribution in [-0.4, -0.2) is 58.8 Å². The second-order valence-electron chi connectivity index (χ2n) is 5.88. The molecule has 1 unspecified atom stereocenters. The smallest absolute Gasteiger partial charge is 0.227 e. The molecule has 1 aliphatic rings. The summed E-state index contributed by atoms with van der Waals surface area (Å²) in [5.41, 5.74) is 2.20. The third kappa shape index (κ3) is 4.40. The van der Waals surface area contributed by atoms with Crippen molar-refractivity contribution in [2.24, 2.45) is 0 Å². The quantitative estimate of drug-likeness (QED) is 0.876. The summed E-state index contributed by atoms with van der Waals surface area (Å²) in [4.78, 5) is 13.0. The normalized spacial score (nSPS) is 17.0. The van der Waals surface area contributed by atoms with Crippen LogP contribution in [0.2, 0.25) is 0 Å². The van der Waals surface area contributed by atoms with E-state index in [9.17, 15) is 5.11 Å². The van der Waals surface area contributed by atoms with Crippen molar-refractivity contribution < 1.29 is 5.11 Å². The maximum atomic E-state index is 9.47. The minimum atomic E-state index is -0.257. The number of rotatable bonds is 5. The van der Waals surface area contributed by atoms with Crippen LogP contribution in [0.5, 0.6) is 0 Å². The first-order valence-electron chi connectivity index (χ1n) is 8.00. The highest BCUT2D eigenvalue weighted by atomic mass is 16.3. The molecular weight excluding hydrogens is 290 g/mol. The molecule has 1 aromatic carbocycles. The Balaban J connectivity index is 1.56. The van der Waals surface area contributed by atoms with Gasteiger partial charge in [-0.15, -0.1) is 0 Å². The number of hydrogen-bond acceptors (Lipinski definition) is 6. The molecule has 2 aromatic rings. The fourth-order valence-corrected chi connectivity index (χ4v) is 2.81. The Labute approximate surface area is 136 Å². The second-order valence-corrected chi connectivity index (χ2v) is 5.88. The summed E-state index contributed by atoms with van der Waals surface area (Å²) in [7, 11) is 0. The van der Waals surface area contributed by atoms with E-state index in [0.29, 0.717) is 5.95 Å². The van der Waals surface area contributed by atoms with Crippen molar-refractivity contribution in [2.75, 3.05) is 42.9 Å². The van der Waals surface area contributed by atoms with Crippen molar-refractivity contribution in [1.29, 1.82) is 0 Å². The fourth-order valence-electron chi connectivity index (χ4n) is 2.81. The molecule has 0 saturated carbocycles. The number of aliphatic hydroxyl groups excluding tert-OH is 1. The van der Waals surface area contributed by atoms with Gasteiger partial charge in [0.1, 0.15) is 0 Å². The lowest BCUT2D eigenvalue weighted by atomic mass is 10.2. The number of aliphatic hydroxyl groups is 1. The maximum absolute atomic E-state index is 9.47. The van der Waals surface area contributed by atoms with E-state index in [-0.39, 0.29) is 6.10 Å². The van der Waals surface area contributed by atoms with Gasteiger partial charge in [0.25, 0.3) is 0 Å². The number of aromatic nitrogens is 2. The van der Waals surface area contributed by atoms with Crippen molar-refractivity contribution in [1.82, 2.24) is 14.9 Å². The molecule has 1 saturated heterocycles. The van der Waals surface area contributed by atoms with E-state index in [4.69, 9.17) is 0 Å². The van der Waals surface area contributed by atoms with Crippen LogP contribution in [0.1, 0.15) is 6.92 Å². The van der Waals surface area contributed by atoms with Crippen molar-refractivity contribution >= 4 is 17.3 Å². The predicted octanol–water partition coefficient (Wildman–Crippen LogP) is 1.72. The zero-order chi connectivity index (χ0) is 16.1. The van der Waals surface area contributed by atoms with Gasteiger partial charge in [-0.2, -0.15) is 0 Å². The fraction of sp³-hybridized carbons (Fsp3) is 0.412. The highest BCUT2D eigenvalue weighted by Crippen LogP contribution is 2.21. The lowest BCUT2D eigenvalue weighted by molar-refractivity contribution is 0.123. The Hall–Kier alpha value is -2.18. The van der Waals surface area contributed by atoms with E-state index in [1.165, 1.54) is 5.69 Å². The predicted molar refractivity (Wildman–Crippen MR) is 92.1 cm³/mol. The third-order valence-electron chi connectivity index (χ3n) is 3.95. The molecule has 1 aromatic heterocycles. The van der Waals surface area contributed by atoms with Crippen LogP contribution in [-0.2, 0) is 0 Å². The van der Waals surface area contributed by atoms with Gasteiger partial charge in [-0.05, 0) is 37.3 Å². The Kier molecular flexibility index (Phi) is 5.05. The monoisotopic (exact) mass is 313 g/mol. The molecule has 1 fully saturated rings. The number of anilines is 3. The second kappa shape index (κ2) is 7.39. The van der Waals surface area contributed by atoms with Crippen LogP contribution < -0.4 is 10.2 Å². The SMILES string of the molecule is CC(O)CN1CCN(c2ccc(Nc3ncccn3)cc2)CC1. The van der Waals surface area contributed by atoms with Gasteiger partial charge in [0, 0.05) is 56.5 Å². The molecule has 0 amide bonds. The van der Waals surface area contributed by atoms with Crippen LogP contribution in [0.4, 0.5) is 17.3 Å². The molecular formula is C17H23N5O. The van der Waals surface area contributed by atoms with Crippen LogP contribution in [0, 0.1) is 0 Å². The zero-order valence-electron chi connectivity index (χ0n) is 13.4. The Bertz CT molecular complexity index is 594. The van der Waals surface area contributed by atoms with Gasteiger partial charge in [-0.25, -0.2) is 9.97 Å². The largest absolute Gasteiger partial charge is 0.392 e. The molecule has 0 spiro atoms. The molecule has 3 rings (SSSR count). The van der Waals surface area contributed by atoms with Gasteiger partial charge in [0.2, 0.25) is 5.95 Å². The lowest BCUT2D eigenvalue weighted by Crippen LogP contribution is -2.48. The highest BCUT2D eigenvalue weighted by Gasteiger charge is 2.18. The zero-order valence-corrected chi connectivity index (χ0v) is 13.4. The minimum Gasteiger partial charge on any atom is -0.392 e. The topological polar surface area (TPSA) is 64.5 Å². The molecule has 2 N–H and O–H groups in total. The molecule has 6 nitrogen and oxygen atoms in total. The number of benzene rings is 1. The van der Waals surface area contributed by atoms with Crippen LogP contribution in [0.15, 0.2) is 42.7 Å². The van der Waals surface area contributed by atoms with Crippen molar-refractivity contribution in [3.63, 3.8) is 0 Å². The lowest BCUT2D eigenvalue weighted by Gasteiger charge is -2.36. The van der Waals surface area contributed by atoms with Gasteiger partial charge in [-0.1, -0.05) is 0 Å². The average molecular weight is 313 g/mol. The van der Waals surface area contributed by atoms with Gasteiger partial charge >= 0.3 is 0 Å². The molecule has 0 aliphatic carbocycles. The van der Waals surface area contributed by atoms with E-state index < -0.39 is 0 Å². The molecule has 2 heterocycles. The Morgan fingerprint density at radius 3 is 2.35 bits per heavy atom. The summed E-state index contributed by atoms with van der Waals surface area (Å²) in [5.74, 6) is 0.604. The van der Waals surface area contributed by atoms with Crippen LogP contribution in [0.25, 0.3) is 0 Å². The minimum absolute atomic E-state index is 0.257. The number of hydrogen-bond donors (Lipinski definition) is 2. The van der Waals surface area contributed by atoms with Gasteiger partial charge in [-0.3, -0.25) is 4.90 Å². The summed E-state index contributed by atoms with van der Waals surface area (Å²) in [6, 6.07) is 10.1. The van der Waals surface area contributed by atoms with E-state index in [1.807, 2.05) is 19.1 Å². The molecule has 23 heavy (non-hydrogen) atoms. The number of nitrogens with one attached hydrogen (secondary N) is 1. The summed E-state index contributed by atoms with van der Waals surface area (Å²) >= 11 is 0. The standard InChI is InChI=1S/C17H23N5O/c1-14(23)13-21-9-11-22(12-10-21)16-5-3-15(4-6-16)20-17-18-7-2-8-19-17/h2-8,14,23H,9-13H2,1H3,(H,18,19,20). The summed E-state index contributed by atoms with van der Waals surface area (Å²) in [6.07, 6.45) is 3.18. The molecule has 1 atom stereocenters. The number of β-amino-alcohol motifs (C(OH)–C–C–N with tert-alkyl or cyclic N) is 1. The maximum Gasteiger partial charge on any atom is 0.227 e. The molecule has 0 bridgehead atoms. The van der Waals surface area contributed by atoms with Gasteiger partial charge in [0.15, 0.2) is 0 Å². The number of nitrogens with zero attached hydrogens (tertiary/aromatic N) is 4. The van der Waals surface area contributed by atoms with Gasteiger partial charge in [0.05, 0.1) is 6.10 Å². The average Bonchev–Trinajstić information content (AvgIpc) is 2.57. The first-order chi connectivity index (χ1) is 11.2. The van der Waals surface area contributed by atoms with Crippen LogP contribution >= 0.6 is 0 Å². The Morgan fingerprint density at radius 1 is 1.09 bits per heavy atom. The summed E-state index contributed by atoms with van der Waals surface area (Å²) in [6.45, 7) is 6.55. The first-order valence-corrected chi connectivity index (χ1v) is 8.00. The molecule has 1 aliphatic heterocycles. The summed E-state index contributed by atoms with van der Waals surface area (Å²) in [5, 5.41) is 12.7. The van der Waals surface area contributed by atoms with E-state index >= 15 is 0 Å². The molecule has 6 heteroatoms. The first kappa shape index (κ1) is 15.7. The van der Waals surface area contributed by atoms with E-state index in [2.05, 4.69) is 37.2 Å². The van der Waals surface area contributed by atoms with Crippen molar-refractivity contribution in [2.45, 2.75) is 13.0 Å². The van der Waals surface area contributed by atoms with E-state index in [1.54, 1.807) is 18.5 Å². The third-order valence-corrected chi connectivity index (χ3v) is 3.95. The van der Waals surface area contributed by atoms with Crippen LogP contribution in [0.3, 0.4) is 0 Å². The molecule has 0 radical (unpaired) electrons.